The number of hydrogen-bond donors (Lipinski definition) is 0. The molecule has 2 aliphatic heterocycles. The monoisotopic (exact) mass is 480 g/mol. The summed E-state index contributed by atoms with van der Waals surface area (Å²) in [6.07, 6.45) is 3.52. The third kappa shape index (κ3) is 3.98. The summed E-state index contributed by atoms with van der Waals surface area (Å²) in [5.41, 5.74) is 2.05. The Morgan fingerprint density at radius 2 is 1.56 bits per heavy atom. The van der Waals surface area contributed by atoms with Crippen LogP contribution in [0.3, 0.4) is 0 Å². The second kappa shape index (κ2) is 8.87. The molecule has 0 N–H and O–H groups in total. The third-order valence-electron chi connectivity index (χ3n) is 7.08. The molecule has 2 heterocycles. The molecule has 2 aromatic carbocycles. The number of halogens is 1. The van der Waals surface area contributed by atoms with Gasteiger partial charge in [-0.2, -0.15) is 0 Å². The molecule has 0 radical (unpaired) electrons. The first-order valence-corrected chi connectivity index (χ1v) is 12.0. The number of anilines is 2. The highest BCUT2D eigenvalue weighted by atomic mass is 35.5. The van der Waals surface area contributed by atoms with Crippen LogP contribution >= 0.6 is 11.6 Å². The zero-order valence-corrected chi connectivity index (χ0v) is 19.6. The Bertz CT molecular complexity index is 1150. The summed E-state index contributed by atoms with van der Waals surface area (Å²) in [7, 11) is 0. The van der Waals surface area contributed by atoms with Gasteiger partial charge in [0.05, 0.1) is 23.4 Å². The number of esters is 1. The summed E-state index contributed by atoms with van der Waals surface area (Å²) in [5, 5.41) is 0.561. The third-order valence-corrected chi connectivity index (χ3v) is 7.49. The number of carbonyl (C=O) groups excluding carboxylic acids is 4. The van der Waals surface area contributed by atoms with Gasteiger partial charge in [0.25, 0.3) is 0 Å². The number of amides is 3. The van der Waals surface area contributed by atoms with Crippen LogP contribution in [0.1, 0.15) is 37.7 Å². The lowest BCUT2D eigenvalue weighted by molar-refractivity contribution is -0.139. The number of aryl methyl sites for hydroxylation is 1. The van der Waals surface area contributed by atoms with E-state index in [-0.39, 0.29) is 42.5 Å². The van der Waals surface area contributed by atoms with Gasteiger partial charge in [0.2, 0.25) is 17.7 Å². The zero-order valence-electron chi connectivity index (χ0n) is 18.8. The lowest BCUT2D eigenvalue weighted by Gasteiger charge is -2.19. The number of fused-ring (bicyclic) bond motifs is 1. The van der Waals surface area contributed by atoms with Crippen molar-refractivity contribution in [2.45, 2.75) is 39.0 Å². The molecule has 2 aromatic rings. The van der Waals surface area contributed by atoms with E-state index >= 15 is 0 Å². The molecule has 5 rings (SSSR count). The first-order chi connectivity index (χ1) is 16.3. The highest BCUT2D eigenvalue weighted by Crippen LogP contribution is 2.40. The molecule has 1 aliphatic carbocycles. The van der Waals surface area contributed by atoms with E-state index in [4.69, 9.17) is 16.3 Å². The van der Waals surface area contributed by atoms with Crippen molar-refractivity contribution in [1.29, 1.82) is 0 Å². The van der Waals surface area contributed by atoms with E-state index in [9.17, 15) is 19.2 Å². The van der Waals surface area contributed by atoms with E-state index in [1.54, 1.807) is 35.2 Å². The fourth-order valence-electron chi connectivity index (χ4n) is 5.14. The highest BCUT2D eigenvalue weighted by molar-refractivity contribution is 6.31. The van der Waals surface area contributed by atoms with E-state index in [2.05, 4.69) is 0 Å². The van der Waals surface area contributed by atoms with Crippen LogP contribution in [0, 0.1) is 24.7 Å². The largest absolute Gasteiger partial charge is 0.426 e. The average molecular weight is 481 g/mol. The van der Waals surface area contributed by atoms with Crippen molar-refractivity contribution in [3.8, 4) is 5.75 Å². The fourth-order valence-corrected chi connectivity index (χ4v) is 5.32. The predicted molar refractivity (Wildman–Crippen MR) is 127 cm³/mol. The molecule has 3 fully saturated rings. The molecule has 0 bridgehead atoms. The molecule has 176 valence electrons. The smallest absolute Gasteiger partial charge is 0.316 e. The Labute approximate surface area is 202 Å². The van der Waals surface area contributed by atoms with Gasteiger partial charge in [-0.15, -0.1) is 0 Å². The average Bonchev–Trinajstić information content (AvgIpc) is 3.34. The van der Waals surface area contributed by atoms with Crippen LogP contribution < -0.4 is 14.5 Å². The van der Waals surface area contributed by atoms with Gasteiger partial charge < -0.3 is 9.64 Å². The second-order valence-corrected chi connectivity index (χ2v) is 9.67. The topological polar surface area (TPSA) is 84.0 Å². The van der Waals surface area contributed by atoms with Crippen molar-refractivity contribution in [1.82, 2.24) is 0 Å². The molecule has 0 spiro atoms. The maximum atomic E-state index is 12.8. The van der Waals surface area contributed by atoms with Crippen LogP contribution in [0.5, 0.6) is 5.75 Å². The normalized spacial score (nSPS) is 24.5. The molecule has 3 aliphatic rings. The SMILES string of the molecule is Cc1ccc(N2C[C@H](C(=O)Oc3ccc(N4C(=O)[C@H]5CCCC[C@@H]5C4=O)cc3)CC2=O)cc1Cl. The number of imide groups is 1. The Balaban J connectivity index is 1.24. The van der Waals surface area contributed by atoms with Gasteiger partial charge in [-0.1, -0.05) is 30.5 Å². The van der Waals surface area contributed by atoms with Crippen LogP contribution in [0.4, 0.5) is 11.4 Å². The minimum absolute atomic E-state index is 0.0575. The molecule has 3 amide bonds. The zero-order chi connectivity index (χ0) is 24.0. The van der Waals surface area contributed by atoms with Gasteiger partial charge in [-0.05, 0) is 61.7 Å². The van der Waals surface area contributed by atoms with Crippen molar-refractivity contribution < 1.29 is 23.9 Å². The molecule has 0 aromatic heterocycles. The molecule has 2 saturated heterocycles. The molecule has 7 nitrogen and oxygen atoms in total. The summed E-state index contributed by atoms with van der Waals surface area (Å²) in [6.45, 7) is 2.10. The Kier molecular flexibility index (Phi) is 5.90. The molecular formula is C26H25ClN2O5. The van der Waals surface area contributed by atoms with Gasteiger partial charge in [-0.25, -0.2) is 0 Å². The summed E-state index contributed by atoms with van der Waals surface area (Å²) < 4.78 is 5.51. The number of ether oxygens (including phenoxy) is 1. The van der Waals surface area contributed by atoms with Crippen LogP contribution in [0.15, 0.2) is 42.5 Å². The Morgan fingerprint density at radius 1 is 0.941 bits per heavy atom. The molecule has 34 heavy (non-hydrogen) atoms. The lowest BCUT2D eigenvalue weighted by Crippen LogP contribution is -2.30. The van der Waals surface area contributed by atoms with Crippen LogP contribution in [0.25, 0.3) is 0 Å². The minimum atomic E-state index is -0.600. The number of benzene rings is 2. The number of nitrogens with zero attached hydrogens (tertiary/aromatic N) is 2. The van der Waals surface area contributed by atoms with Crippen molar-refractivity contribution in [2.75, 3.05) is 16.3 Å². The fraction of sp³-hybridized carbons (Fsp3) is 0.385. The number of hydrogen-bond acceptors (Lipinski definition) is 5. The first kappa shape index (κ1) is 22.6. The van der Waals surface area contributed by atoms with E-state index < -0.39 is 11.9 Å². The van der Waals surface area contributed by atoms with Crippen molar-refractivity contribution in [2.24, 2.45) is 17.8 Å². The van der Waals surface area contributed by atoms with E-state index in [0.29, 0.717) is 22.1 Å². The lowest BCUT2D eigenvalue weighted by atomic mass is 9.81. The summed E-state index contributed by atoms with van der Waals surface area (Å²) in [4.78, 5) is 53.6. The first-order valence-electron chi connectivity index (χ1n) is 11.6. The second-order valence-electron chi connectivity index (χ2n) is 9.26. The van der Waals surface area contributed by atoms with Crippen LogP contribution in [0.2, 0.25) is 5.02 Å². The number of rotatable bonds is 4. The number of carbonyl (C=O) groups is 4. The van der Waals surface area contributed by atoms with Crippen molar-refractivity contribution in [3.63, 3.8) is 0 Å². The Hall–Kier alpha value is -3.19. The van der Waals surface area contributed by atoms with Gasteiger partial charge >= 0.3 is 5.97 Å². The van der Waals surface area contributed by atoms with E-state index in [1.165, 1.54) is 4.90 Å². The van der Waals surface area contributed by atoms with Gasteiger partial charge in [-0.3, -0.25) is 24.1 Å². The van der Waals surface area contributed by atoms with Gasteiger partial charge in [0.1, 0.15) is 5.75 Å². The summed E-state index contributed by atoms with van der Waals surface area (Å²) in [5.74, 6) is -1.67. The minimum Gasteiger partial charge on any atom is -0.426 e. The summed E-state index contributed by atoms with van der Waals surface area (Å²) in [6, 6.07) is 11.8. The molecule has 8 heteroatoms. The van der Waals surface area contributed by atoms with Crippen molar-refractivity contribution in [3.05, 3.63) is 53.1 Å². The van der Waals surface area contributed by atoms with E-state index in [0.717, 1.165) is 31.2 Å². The van der Waals surface area contributed by atoms with Crippen LogP contribution in [-0.2, 0) is 19.2 Å². The maximum absolute atomic E-state index is 12.8. The molecule has 3 atom stereocenters. The Morgan fingerprint density at radius 3 is 2.18 bits per heavy atom. The summed E-state index contributed by atoms with van der Waals surface area (Å²) >= 11 is 6.18. The molecule has 1 saturated carbocycles. The van der Waals surface area contributed by atoms with E-state index in [1.807, 2.05) is 19.1 Å². The van der Waals surface area contributed by atoms with Crippen molar-refractivity contribution >= 4 is 46.7 Å². The highest BCUT2D eigenvalue weighted by Gasteiger charge is 2.48. The standard InChI is InChI=1S/C26H25ClN2O5/c1-15-6-7-18(13-22(15)27)28-14-16(12-23(28)30)26(33)34-19-10-8-17(9-11-19)29-24(31)20-4-2-3-5-21(20)25(29)32/h6-11,13,16,20-21H,2-5,12,14H2,1H3/t16-,20+,21+/m1/s1. The maximum Gasteiger partial charge on any atom is 0.316 e. The van der Waals surface area contributed by atoms with Crippen LogP contribution in [-0.4, -0.2) is 30.2 Å². The predicted octanol–water partition coefficient (Wildman–Crippen LogP) is 4.29. The quantitative estimate of drug-likeness (QED) is 0.370. The van der Waals surface area contributed by atoms with Gasteiger partial charge in [0, 0.05) is 23.7 Å². The van der Waals surface area contributed by atoms with Gasteiger partial charge in [0.15, 0.2) is 0 Å². The molecule has 0 unspecified atom stereocenters. The molecular weight excluding hydrogens is 456 g/mol.